The van der Waals surface area contributed by atoms with Crippen molar-refractivity contribution in [1.82, 2.24) is 20.0 Å². The zero-order valence-corrected chi connectivity index (χ0v) is 21.7. The summed E-state index contributed by atoms with van der Waals surface area (Å²) in [4.78, 5) is 27.6. The summed E-state index contributed by atoms with van der Waals surface area (Å²) >= 11 is 0. The molecule has 4 rings (SSSR count). The maximum atomic E-state index is 13.0. The van der Waals surface area contributed by atoms with Gasteiger partial charge in [-0.25, -0.2) is 4.68 Å². The van der Waals surface area contributed by atoms with Crippen LogP contribution in [0.5, 0.6) is 0 Å². The van der Waals surface area contributed by atoms with Crippen molar-refractivity contribution in [2.45, 2.75) is 70.8 Å². The van der Waals surface area contributed by atoms with Crippen molar-refractivity contribution in [2.75, 3.05) is 38.1 Å². The highest BCUT2D eigenvalue weighted by molar-refractivity contribution is 5.91. The predicted octanol–water partition coefficient (Wildman–Crippen LogP) is 4.11. The molecule has 1 aromatic heterocycles. The maximum Gasteiger partial charge on any atom is 0.239 e. The molecule has 8 nitrogen and oxygen atoms in total. The Kier molecular flexibility index (Phi) is 9.53. The minimum absolute atomic E-state index is 0.0174. The van der Waals surface area contributed by atoms with Crippen LogP contribution in [0, 0.1) is 5.92 Å². The molecule has 2 aliphatic rings. The summed E-state index contributed by atoms with van der Waals surface area (Å²) in [6.07, 6.45) is 7.39. The second kappa shape index (κ2) is 13.0. The van der Waals surface area contributed by atoms with E-state index in [0.29, 0.717) is 25.6 Å². The van der Waals surface area contributed by atoms with E-state index in [1.165, 1.54) is 12.8 Å². The van der Waals surface area contributed by atoms with Crippen molar-refractivity contribution >= 4 is 17.6 Å². The van der Waals surface area contributed by atoms with Crippen LogP contribution < -0.4 is 10.6 Å². The molecule has 1 saturated carbocycles. The number of nitrogens with zero attached hydrogens (tertiary/aromatic N) is 3. The van der Waals surface area contributed by atoms with E-state index in [-0.39, 0.29) is 23.8 Å². The number of hydrogen-bond donors (Lipinski definition) is 2. The molecule has 2 aromatic rings. The minimum Gasteiger partial charge on any atom is -0.379 e. The van der Waals surface area contributed by atoms with Gasteiger partial charge in [0.2, 0.25) is 11.8 Å². The van der Waals surface area contributed by atoms with Gasteiger partial charge in [-0.05, 0) is 71.2 Å². The van der Waals surface area contributed by atoms with Crippen molar-refractivity contribution in [3.05, 3.63) is 42.1 Å². The van der Waals surface area contributed by atoms with Crippen molar-refractivity contribution < 1.29 is 14.3 Å². The number of benzene rings is 1. The third-order valence-corrected chi connectivity index (χ3v) is 7.17. The van der Waals surface area contributed by atoms with Crippen molar-refractivity contribution in [2.24, 2.45) is 5.92 Å². The molecule has 1 aliphatic carbocycles. The molecule has 2 heterocycles. The number of aromatic nitrogens is 2. The molecule has 0 atom stereocenters. The van der Waals surface area contributed by atoms with Crippen LogP contribution in [0.4, 0.5) is 5.82 Å². The van der Waals surface area contributed by atoms with Gasteiger partial charge in [0, 0.05) is 31.1 Å². The number of carbonyl (C=O) groups is 2. The molecular weight excluding hydrogens is 454 g/mol. The Labute approximate surface area is 214 Å². The summed E-state index contributed by atoms with van der Waals surface area (Å²) in [5, 5.41) is 11.0. The Morgan fingerprint density at radius 1 is 1.08 bits per heavy atom. The predicted molar refractivity (Wildman–Crippen MR) is 141 cm³/mol. The van der Waals surface area contributed by atoms with E-state index < -0.39 is 0 Å². The normalized spacial score (nSPS) is 17.5. The van der Waals surface area contributed by atoms with E-state index in [1.54, 1.807) is 0 Å². The molecule has 0 bridgehead atoms. The number of likely N-dealkylation sites (tertiary alicyclic amines) is 1. The molecule has 196 valence electrons. The van der Waals surface area contributed by atoms with Crippen LogP contribution in [-0.2, 0) is 14.3 Å². The number of para-hydroxylation sites is 1. The molecule has 1 aromatic carbocycles. The SMILES string of the molecule is CC(C)OCCCNC(=O)C1CCN(CC(=O)Nc2cc(C3CCCC3)nn2-c2ccccc2)CC1. The van der Waals surface area contributed by atoms with E-state index in [9.17, 15) is 9.59 Å². The summed E-state index contributed by atoms with van der Waals surface area (Å²) in [7, 11) is 0. The first-order chi connectivity index (χ1) is 17.5. The van der Waals surface area contributed by atoms with Gasteiger partial charge in [-0.1, -0.05) is 31.0 Å². The third-order valence-electron chi connectivity index (χ3n) is 7.17. The van der Waals surface area contributed by atoms with Crippen LogP contribution in [0.2, 0.25) is 0 Å². The third kappa shape index (κ3) is 7.40. The molecule has 0 radical (unpaired) electrons. The Hall–Kier alpha value is -2.71. The quantitative estimate of drug-likeness (QED) is 0.458. The lowest BCUT2D eigenvalue weighted by molar-refractivity contribution is -0.126. The molecule has 1 saturated heterocycles. The second-order valence-electron chi connectivity index (χ2n) is 10.3. The van der Waals surface area contributed by atoms with E-state index in [1.807, 2.05) is 54.9 Å². The van der Waals surface area contributed by atoms with Crippen LogP contribution in [0.25, 0.3) is 5.69 Å². The molecule has 1 aliphatic heterocycles. The standard InChI is InChI=1S/C28H41N5O3/c1-21(2)36-18-8-15-29-28(35)23-13-16-32(17-14-23)20-27(34)30-26-19-25(22-9-6-7-10-22)31-33(26)24-11-4-3-5-12-24/h3-5,11-12,19,21-23H,6-10,13-18,20H2,1-2H3,(H,29,35)(H,30,34). The first-order valence-corrected chi connectivity index (χ1v) is 13.6. The Morgan fingerprint density at radius 2 is 1.81 bits per heavy atom. The highest BCUT2D eigenvalue weighted by Gasteiger charge is 2.27. The fourth-order valence-corrected chi connectivity index (χ4v) is 5.16. The maximum absolute atomic E-state index is 13.0. The number of amides is 2. The van der Waals surface area contributed by atoms with Gasteiger partial charge in [0.25, 0.3) is 0 Å². The van der Waals surface area contributed by atoms with Crippen molar-refractivity contribution in [3.8, 4) is 5.69 Å². The van der Waals surface area contributed by atoms with Gasteiger partial charge in [0.1, 0.15) is 5.82 Å². The van der Waals surface area contributed by atoms with Gasteiger partial charge in [0.15, 0.2) is 0 Å². The van der Waals surface area contributed by atoms with Crippen LogP contribution in [0.15, 0.2) is 36.4 Å². The van der Waals surface area contributed by atoms with Gasteiger partial charge in [-0.15, -0.1) is 0 Å². The van der Waals surface area contributed by atoms with Crippen LogP contribution >= 0.6 is 0 Å². The lowest BCUT2D eigenvalue weighted by Crippen LogP contribution is -2.43. The number of rotatable bonds is 11. The first-order valence-electron chi connectivity index (χ1n) is 13.6. The number of piperidine rings is 1. The van der Waals surface area contributed by atoms with Crippen LogP contribution in [0.1, 0.15) is 70.4 Å². The van der Waals surface area contributed by atoms with Gasteiger partial charge >= 0.3 is 0 Å². The fraction of sp³-hybridized carbons (Fsp3) is 0.607. The van der Waals surface area contributed by atoms with Crippen molar-refractivity contribution in [3.63, 3.8) is 0 Å². The minimum atomic E-state index is -0.0434. The molecule has 2 amide bonds. The lowest BCUT2D eigenvalue weighted by Gasteiger charge is -2.30. The Balaban J connectivity index is 1.26. The van der Waals surface area contributed by atoms with Gasteiger partial charge < -0.3 is 15.4 Å². The zero-order valence-electron chi connectivity index (χ0n) is 21.7. The monoisotopic (exact) mass is 495 g/mol. The number of hydrogen-bond acceptors (Lipinski definition) is 5. The molecule has 0 spiro atoms. The molecular formula is C28H41N5O3. The molecule has 2 fully saturated rings. The first kappa shape index (κ1) is 26.4. The fourth-order valence-electron chi connectivity index (χ4n) is 5.16. The van der Waals surface area contributed by atoms with Gasteiger partial charge in [0.05, 0.1) is 24.0 Å². The number of anilines is 1. The summed E-state index contributed by atoms with van der Waals surface area (Å²) in [6.45, 7) is 7.14. The van der Waals surface area contributed by atoms with Crippen molar-refractivity contribution in [1.29, 1.82) is 0 Å². The number of carbonyl (C=O) groups excluding carboxylic acids is 2. The summed E-state index contributed by atoms with van der Waals surface area (Å²) in [6, 6.07) is 12.0. The smallest absolute Gasteiger partial charge is 0.239 e. The molecule has 8 heteroatoms. The number of ether oxygens (including phenoxy) is 1. The van der Waals surface area contributed by atoms with E-state index in [4.69, 9.17) is 9.84 Å². The Bertz CT molecular complexity index is 976. The van der Waals surface area contributed by atoms with Crippen LogP contribution in [0.3, 0.4) is 0 Å². The average Bonchev–Trinajstić information content (AvgIpc) is 3.55. The van der Waals surface area contributed by atoms with Gasteiger partial charge in [-0.2, -0.15) is 5.10 Å². The summed E-state index contributed by atoms with van der Waals surface area (Å²) in [5.74, 6) is 1.29. The number of nitrogens with one attached hydrogen (secondary N) is 2. The van der Waals surface area contributed by atoms with E-state index >= 15 is 0 Å². The highest BCUT2D eigenvalue weighted by Crippen LogP contribution is 2.35. The average molecular weight is 496 g/mol. The Morgan fingerprint density at radius 3 is 2.50 bits per heavy atom. The lowest BCUT2D eigenvalue weighted by atomic mass is 9.96. The van der Waals surface area contributed by atoms with E-state index in [0.717, 1.165) is 62.4 Å². The van der Waals surface area contributed by atoms with Gasteiger partial charge in [-0.3, -0.25) is 14.5 Å². The zero-order chi connectivity index (χ0) is 25.3. The largest absolute Gasteiger partial charge is 0.379 e. The molecule has 0 unspecified atom stereocenters. The molecule has 36 heavy (non-hydrogen) atoms. The topological polar surface area (TPSA) is 88.5 Å². The highest BCUT2D eigenvalue weighted by atomic mass is 16.5. The second-order valence-corrected chi connectivity index (χ2v) is 10.3. The molecule has 2 N–H and O–H groups in total. The van der Waals surface area contributed by atoms with Crippen LogP contribution in [-0.4, -0.2) is 65.4 Å². The van der Waals surface area contributed by atoms with E-state index in [2.05, 4.69) is 15.5 Å². The summed E-state index contributed by atoms with van der Waals surface area (Å²) in [5.41, 5.74) is 2.01. The summed E-state index contributed by atoms with van der Waals surface area (Å²) < 4.78 is 7.38.